The Morgan fingerprint density at radius 1 is 0.769 bits per heavy atom. The SMILES string of the molecule is O=C1OC(c2ccccc2)OC1Cc1ccc(Oc2ccccc2)cc1. The lowest BCUT2D eigenvalue weighted by atomic mass is 10.1. The lowest BCUT2D eigenvalue weighted by molar-refractivity contribution is -0.144. The van der Waals surface area contributed by atoms with E-state index < -0.39 is 12.4 Å². The van der Waals surface area contributed by atoms with Crippen molar-refractivity contribution in [3.63, 3.8) is 0 Å². The fourth-order valence-electron chi connectivity index (χ4n) is 2.83. The van der Waals surface area contributed by atoms with Gasteiger partial charge in [-0.25, -0.2) is 4.79 Å². The highest BCUT2D eigenvalue weighted by Gasteiger charge is 2.36. The molecule has 0 spiro atoms. The zero-order valence-corrected chi connectivity index (χ0v) is 14.1. The molecule has 1 aliphatic rings. The predicted molar refractivity (Wildman–Crippen MR) is 96.8 cm³/mol. The number of carbonyl (C=O) groups is 1. The summed E-state index contributed by atoms with van der Waals surface area (Å²) in [5.74, 6) is 1.20. The minimum absolute atomic E-state index is 0.330. The van der Waals surface area contributed by atoms with Crippen LogP contribution in [0.2, 0.25) is 0 Å². The summed E-state index contributed by atoms with van der Waals surface area (Å²) in [6.45, 7) is 0. The van der Waals surface area contributed by atoms with Gasteiger partial charge < -0.3 is 14.2 Å². The van der Waals surface area contributed by atoms with E-state index in [9.17, 15) is 4.79 Å². The molecule has 0 N–H and O–H groups in total. The molecule has 2 unspecified atom stereocenters. The molecule has 0 saturated carbocycles. The molecule has 1 aliphatic heterocycles. The van der Waals surface area contributed by atoms with Gasteiger partial charge in [-0.05, 0) is 29.8 Å². The number of esters is 1. The van der Waals surface area contributed by atoms with Gasteiger partial charge in [0.15, 0.2) is 6.10 Å². The Morgan fingerprint density at radius 2 is 1.38 bits per heavy atom. The predicted octanol–water partition coefficient (Wildman–Crippen LogP) is 4.66. The van der Waals surface area contributed by atoms with E-state index in [1.54, 1.807) is 0 Å². The molecule has 0 aliphatic carbocycles. The number of ether oxygens (including phenoxy) is 3. The topological polar surface area (TPSA) is 44.8 Å². The minimum Gasteiger partial charge on any atom is -0.457 e. The van der Waals surface area contributed by atoms with E-state index >= 15 is 0 Å². The molecule has 130 valence electrons. The molecule has 1 heterocycles. The van der Waals surface area contributed by atoms with E-state index in [-0.39, 0.29) is 5.97 Å². The molecule has 4 nitrogen and oxygen atoms in total. The van der Waals surface area contributed by atoms with Crippen molar-refractivity contribution in [1.29, 1.82) is 0 Å². The van der Waals surface area contributed by atoms with Crippen molar-refractivity contribution >= 4 is 5.97 Å². The molecule has 0 amide bonds. The maximum absolute atomic E-state index is 12.1. The molecule has 0 aromatic heterocycles. The van der Waals surface area contributed by atoms with Crippen LogP contribution in [0.25, 0.3) is 0 Å². The molecule has 1 saturated heterocycles. The second-order valence-electron chi connectivity index (χ2n) is 6.07. The molecule has 26 heavy (non-hydrogen) atoms. The van der Waals surface area contributed by atoms with Gasteiger partial charge in [-0.1, -0.05) is 60.7 Å². The summed E-state index contributed by atoms with van der Waals surface area (Å²) in [5, 5.41) is 0. The van der Waals surface area contributed by atoms with Crippen molar-refractivity contribution < 1.29 is 19.0 Å². The summed E-state index contributed by atoms with van der Waals surface area (Å²) in [7, 11) is 0. The number of benzene rings is 3. The highest BCUT2D eigenvalue weighted by molar-refractivity contribution is 5.76. The first-order valence-electron chi connectivity index (χ1n) is 8.51. The molecule has 3 aromatic carbocycles. The Balaban J connectivity index is 1.39. The van der Waals surface area contributed by atoms with Gasteiger partial charge in [0.05, 0.1) is 0 Å². The van der Waals surface area contributed by atoms with E-state index in [2.05, 4.69) is 0 Å². The monoisotopic (exact) mass is 346 g/mol. The normalized spacial score (nSPS) is 19.2. The van der Waals surface area contributed by atoms with Crippen LogP contribution in [0, 0.1) is 0 Å². The summed E-state index contributed by atoms with van der Waals surface area (Å²) in [6.07, 6.45) is -0.760. The number of carbonyl (C=O) groups excluding carboxylic acids is 1. The Morgan fingerprint density at radius 3 is 2.08 bits per heavy atom. The van der Waals surface area contributed by atoms with Crippen molar-refractivity contribution in [1.82, 2.24) is 0 Å². The van der Waals surface area contributed by atoms with Crippen molar-refractivity contribution in [2.45, 2.75) is 18.8 Å². The second-order valence-corrected chi connectivity index (χ2v) is 6.07. The lowest BCUT2D eigenvalue weighted by Crippen LogP contribution is -2.18. The maximum Gasteiger partial charge on any atom is 0.338 e. The van der Waals surface area contributed by atoms with Crippen LogP contribution < -0.4 is 4.74 Å². The molecular formula is C22H18O4. The van der Waals surface area contributed by atoms with Crippen LogP contribution >= 0.6 is 0 Å². The average Bonchev–Trinajstić information content (AvgIpc) is 3.05. The number of para-hydroxylation sites is 1. The first-order valence-corrected chi connectivity index (χ1v) is 8.51. The van der Waals surface area contributed by atoms with E-state index in [4.69, 9.17) is 14.2 Å². The van der Waals surface area contributed by atoms with Crippen LogP contribution in [0.1, 0.15) is 17.4 Å². The lowest BCUT2D eigenvalue weighted by Gasteiger charge is -2.10. The smallest absolute Gasteiger partial charge is 0.338 e. The van der Waals surface area contributed by atoms with Gasteiger partial charge in [0.1, 0.15) is 11.5 Å². The van der Waals surface area contributed by atoms with Crippen LogP contribution in [0.3, 0.4) is 0 Å². The third kappa shape index (κ3) is 3.76. The zero-order chi connectivity index (χ0) is 17.8. The molecule has 4 heteroatoms. The first kappa shape index (κ1) is 16.4. The van der Waals surface area contributed by atoms with E-state index in [0.29, 0.717) is 6.42 Å². The van der Waals surface area contributed by atoms with Gasteiger partial charge >= 0.3 is 5.97 Å². The standard InChI is InChI=1S/C22H18O4/c23-21-20(25-22(26-21)17-7-3-1-4-8-17)15-16-11-13-19(14-12-16)24-18-9-5-2-6-10-18/h1-14,20,22H,15H2. The zero-order valence-electron chi connectivity index (χ0n) is 14.1. The summed E-state index contributed by atoms with van der Waals surface area (Å²) in [5.41, 5.74) is 1.83. The summed E-state index contributed by atoms with van der Waals surface area (Å²) < 4.78 is 16.9. The number of cyclic esters (lactones) is 1. The van der Waals surface area contributed by atoms with Gasteiger partial charge in [-0.3, -0.25) is 0 Å². The van der Waals surface area contributed by atoms with Gasteiger partial charge in [-0.15, -0.1) is 0 Å². The van der Waals surface area contributed by atoms with Gasteiger partial charge in [-0.2, -0.15) is 0 Å². The maximum atomic E-state index is 12.1. The third-order valence-electron chi connectivity index (χ3n) is 4.17. The van der Waals surface area contributed by atoms with Crippen LogP contribution in [0.5, 0.6) is 11.5 Å². The first-order chi connectivity index (χ1) is 12.8. The molecule has 0 radical (unpaired) electrons. The van der Waals surface area contributed by atoms with Gasteiger partial charge in [0.25, 0.3) is 0 Å². The highest BCUT2D eigenvalue weighted by atomic mass is 16.8. The summed E-state index contributed by atoms with van der Waals surface area (Å²) in [4.78, 5) is 12.1. The number of hydrogen-bond donors (Lipinski definition) is 0. The summed E-state index contributed by atoms with van der Waals surface area (Å²) >= 11 is 0. The van der Waals surface area contributed by atoms with Crippen LogP contribution in [0.4, 0.5) is 0 Å². The number of hydrogen-bond acceptors (Lipinski definition) is 4. The van der Waals surface area contributed by atoms with Crippen molar-refractivity contribution in [2.75, 3.05) is 0 Å². The van der Waals surface area contributed by atoms with Crippen LogP contribution in [-0.2, 0) is 20.7 Å². The molecular weight excluding hydrogens is 328 g/mol. The average molecular weight is 346 g/mol. The van der Waals surface area contributed by atoms with Gasteiger partial charge in [0.2, 0.25) is 6.29 Å². The molecule has 2 atom stereocenters. The van der Waals surface area contributed by atoms with Gasteiger partial charge in [0, 0.05) is 12.0 Å². The van der Waals surface area contributed by atoms with E-state index in [1.165, 1.54) is 0 Å². The highest BCUT2D eigenvalue weighted by Crippen LogP contribution is 2.30. The molecule has 1 fully saturated rings. The fourth-order valence-corrected chi connectivity index (χ4v) is 2.83. The van der Waals surface area contributed by atoms with Crippen LogP contribution in [0.15, 0.2) is 84.9 Å². The number of rotatable bonds is 5. The second kappa shape index (κ2) is 7.42. The Labute approximate surface area is 152 Å². The van der Waals surface area contributed by atoms with Crippen molar-refractivity contribution in [3.8, 4) is 11.5 Å². The quantitative estimate of drug-likeness (QED) is 0.630. The molecule has 3 aromatic rings. The Bertz CT molecular complexity index is 860. The Hall–Kier alpha value is -3.11. The van der Waals surface area contributed by atoms with E-state index in [0.717, 1.165) is 22.6 Å². The van der Waals surface area contributed by atoms with E-state index in [1.807, 2.05) is 84.9 Å². The van der Waals surface area contributed by atoms with Crippen molar-refractivity contribution in [2.24, 2.45) is 0 Å². The summed E-state index contributed by atoms with van der Waals surface area (Å²) in [6, 6.07) is 26.7. The largest absolute Gasteiger partial charge is 0.457 e. The molecule has 0 bridgehead atoms. The Kier molecular flexibility index (Phi) is 4.67. The minimum atomic E-state index is -0.630. The van der Waals surface area contributed by atoms with Crippen LogP contribution in [-0.4, -0.2) is 12.1 Å². The fraction of sp³-hybridized carbons (Fsp3) is 0.136. The van der Waals surface area contributed by atoms with Crippen molar-refractivity contribution in [3.05, 3.63) is 96.1 Å². The third-order valence-corrected chi connectivity index (χ3v) is 4.17. The molecule has 4 rings (SSSR count).